The molecule has 8 nitrogen and oxygen atoms in total. The van der Waals surface area contributed by atoms with Crippen LogP contribution in [0.3, 0.4) is 0 Å². The Morgan fingerprint density at radius 1 is 1.16 bits per heavy atom. The van der Waals surface area contributed by atoms with Crippen LogP contribution >= 0.6 is 0 Å². The Morgan fingerprint density at radius 2 is 1.88 bits per heavy atom. The summed E-state index contributed by atoms with van der Waals surface area (Å²) in [4.78, 5) is 2.15. The Bertz CT molecular complexity index is 659. The van der Waals surface area contributed by atoms with Crippen molar-refractivity contribution in [2.75, 3.05) is 38.8 Å². The molecular formula is C17H25N5O3. The number of hydrogen-bond donors (Lipinski definition) is 1. The number of ether oxygens (including phenoxy) is 2. The van der Waals surface area contributed by atoms with Gasteiger partial charge in [0.15, 0.2) is 0 Å². The summed E-state index contributed by atoms with van der Waals surface area (Å²) in [5.74, 6) is 1.63. The summed E-state index contributed by atoms with van der Waals surface area (Å²) in [5, 5.41) is 21.7. The van der Waals surface area contributed by atoms with Gasteiger partial charge in [0.1, 0.15) is 5.75 Å². The van der Waals surface area contributed by atoms with Gasteiger partial charge in [-0.2, -0.15) is 0 Å². The van der Waals surface area contributed by atoms with Crippen molar-refractivity contribution in [1.82, 2.24) is 20.2 Å². The molecule has 0 bridgehead atoms. The topological polar surface area (TPSA) is 85.5 Å². The highest BCUT2D eigenvalue weighted by atomic mass is 16.5. The number of anilines is 1. The minimum atomic E-state index is -0.433. The molecule has 2 aromatic rings. The SMILES string of the molecule is COc1ccc(CCn2nnnc2N2CCC(CO)(OC)CC2)cc1. The van der Waals surface area contributed by atoms with E-state index in [1.165, 1.54) is 5.56 Å². The minimum Gasteiger partial charge on any atom is -0.497 e. The van der Waals surface area contributed by atoms with Crippen molar-refractivity contribution in [3.63, 3.8) is 0 Å². The number of rotatable bonds is 7. The van der Waals surface area contributed by atoms with Crippen molar-refractivity contribution in [3.05, 3.63) is 29.8 Å². The van der Waals surface area contributed by atoms with Gasteiger partial charge in [-0.3, -0.25) is 0 Å². The van der Waals surface area contributed by atoms with Crippen LogP contribution < -0.4 is 9.64 Å². The molecule has 1 saturated heterocycles. The van der Waals surface area contributed by atoms with Gasteiger partial charge in [-0.25, -0.2) is 4.68 Å². The lowest BCUT2D eigenvalue weighted by Gasteiger charge is -2.39. The summed E-state index contributed by atoms with van der Waals surface area (Å²) in [6.45, 7) is 2.27. The Balaban J connectivity index is 1.61. The molecule has 0 radical (unpaired) electrons. The van der Waals surface area contributed by atoms with Crippen molar-refractivity contribution >= 4 is 5.95 Å². The fourth-order valence-electron chi connectivity index (χ4n) is 3.14. The van der Waals surface area contributed by atoms with E-state index in [4.69, 9.17) is 9.47 Å². The van der Waals surface area contributed by atoms with E-state index in [1.807, 2.05) is 16.8 Å². The molecular weight excluding hydrogens is 322 g/mol. The first-order chi connectivity index (χ1) is 12.2. The molecule has 1 aliphatic rings. The van der Waals surface area contributed by atoms with Crippen molar-refractivity contribution in [1.29, 1.82) is 0 Å². The molecule has 1 aromatic heterocycles. The highest BCUT2D eigenvalue weighted by Gasteiger charge is 2.35. The molecule has 1 N–H and O–H groups in total. The largest absolute Gasteiger partial charge is 0.497 e. The second-order valence-corrected chi connectivity index (χ2v) is 6.33. The van der Waals surface area contributed by atoms with Crippen LogP contribution in [0.15, 0.2) is 24.3 Å². The lowest BCUT2D eigenvalue weighted by molar-refractivity contribution is -0.0674. The van der Waals surface area contributed by atoms with Gasteiger partial charge in [0.2, 0.25) is 5.95 Å². The first kappa shape index (κ1) is 17.6. The van der Waals surface area contributed by atoms with Crippen molar-refractivity contribution in [3.8, 4) is 5.75 Å². The van der Waals surface area contributed by atoms with E-state index in [-0.39, 0.29) is 6.61 Å². The van der Waals surface area contributed by atoms with Gasteiger partial charge in [-0.05, 0) is 47.4 Å². The van der Waals surface area contributed by atoms with E-state index in [1.54, 1.807) is 14.2 Å². The number of nitrogens with zero attached hydrogens (tertiary/aromatic N) is 5. The fourth-order valence-corrected chi connectivity index (χ4v) is 3.14. The van der Waals surface area contributed by atoms with Crippen LogP contribution in [0.25, 0.3) is 0 Å². The molecule has 0 saturated carbocycles. The maximum atomic E-state index is 9.56. The van der Waals surface area contributed by atoms with E-state index in [0.29, 0.717) is 6.54 Å². The molecule has 1 aromatic carbocycles. The molecule has 3 rings (SSSR count). The number of aromatic nitrogens is 4. The maximum absolute atomic E-state index is 9.56. The van der Waals surface area contributed by atoms with Crippen LogP contribution in [-0.4, -0.2) is 64.8 Å². The van der Waals surface area contributed by atoms with Gasteiger partial charge in [0, 0.05) is 20.2 Å². The van der Waals surface area contributed by atoms with Gasteiger partial charge in [0.05, 0.1) is 25.9 Å². The minimum absolute atomic E-state index is 0.0414. The number of aryl methyl sites for hydroxylation is 2. The van der Waals surface area contributed by atoms with Crippen molar-refractivity contribution in [2.45, 2.75) is 31.4 Å². The van der Waals surface area contributed by atoms with Crippen molar-refractivity contribution < 1.29 is 14.6 Å². The van der Waals surface area contributed by atoms with Gasteiger partial charge in [-0.1, -0.05) is 17.2 Å². The second kappa shape index (κ2) is 7.79. The molecule has 0 spiro atoms. The average molecular weight is 347 g/mol. The zero-order valence-corrected chi connectivity index (χ0v) is 14.8. The molecule has 1 fully saturated rings. The highest BCUT2D eigenvalue weighted by molar-refractivity contribution is 5.30. The summed E-state index contributed by atoms with van der Waals surface area (Å²) in [6.07, 6.45) is 2.35. The standard InChI is InChI=1S/C17H25N5O3/c1-24-15-5-3-14(4-6-15)7-10-22-16(18-19-20-22)21-11-8-17(13-23,25-2)9-12-21/h3-6,23H,7-13H2,1-2H3. The first-order valence-corrected chi connectivity index (χ1v) is 8.50. The number of aliphatic hydroxyl groups is 1. The summed E-state index contributed by atoms with van der Waals surface area (Å²) in [5.41, 5.74) is 0.775. The van der Waals surface area contributed by atoms with Crippen LogP contribution in [-0.2, 0) is 17.7 Å². The van der Waals surface area contributed by atoms with E-state index in [9.17, 15) is 5.11 Å². The van der Waals surface area contributed by atoms with Crippen LogP contribution in [0, 0.1) is 0 Å². The molecule has 2 heterocycles. The summed E-state index contributed by atoms with van der Waals surface area (Å²) >= 11 is 0. The maximum Gasteiger partial charge on any atom is 0.245 e. The third-order valence-electron chi connectivity index (χ3n) is 4.96. The Morgan fingerprint density at radius 3 is 2.48 bits per heavy atom. The molecule has 0 aliphatic carbocycles. The number of methoxy groups -OCH3 is 2. The predicted octanol–water partition coefficient (Wildman–Crippen LogP) is 0.902. The van der Waals surface area contributed by atoms with E-state index < -0.39 is 5.60 Å². The third kappa shape index (κ3) is 3.91. The Labute approximate surface area is 147 Å². The molecule has 0 amide bonds. The highest BCUT2D eigenvalue weighted by Crippen LogP contribution is 2.27. The third-order valence-corrected chi connectivity index (χ3v) is 4.96. The fraction of sp³-hybridized carbons (Fsp3) is 0.588. The van der Waals surface area contributed by atoms with E-state index in [2.05, 4.69) is 32.6 Å². The summed E-state index contributed by atoms with van der Waals surface area (Å²) < 4.78 is 12.5. The van der Waals surface area contributed by atoms with Gasteiger partial charge in [0.25, 0.3) is 0 Å². The Kier molecular flexibility index (Phi) is 5.50. The molecule has 136 valence electrons. The lowest BCUT2D eigenvalue weighted by Crippen LogP contribution is -2.48. The number of benzene rings is 1. The first-order valence-electron chi connectivity index (χ1n) is 8.50. The molecule has 0 atom stereocenters. The molecule has 25 heavy (non-hydrogen) atoms. The number of aliphatic hydroxyl groups excluding tert-OH is 1. The van der Waals surface area contributed by atoms with Crippen LogP contribution in [0.2, 0.25) is 0 Å². The van der Waals surface area contributed by atoms with Crippen molar-refractivity contribution in [2.24, 2.45) is 0 Å². The summed E-state index contributed by atoms with van der Waals surface area (Å²) in [6, 6.07) is 8.02. The number of hydrogen-bond acceptors (Lipinski definition) is 7. The van der Waals surface area contributed by atoms with Gasteiger partial charge >= 0.3 is 0 Å². The molecule has 0 unspecified atom stereocenters. The number of tetrazole rings is 1. The average Bonchev–Trinajstić information content (AvgIpc) is 3.15. The van der Waals surface area contributed by atoms with Crippen LogP contribution in [0.1, 0.15) is 18.4 Å². The predicted molar refractivity (Wildman–Crippen MR) is 92.8 cm³/mol. The normalized spacial score (nSPS) is 16.8. The van der Waals surface area contributed by atoms with Crippen LogP contribution in [0.5, 0.6) is 5.75 Å². The monoisotopic (exact) mass is 347 g/mol. The number of piperidine rings is 1. The van der Waals surface area contributed by atoms with Gasteiger partial charge in [-0.15, -0.1) is 0 Å². The zero-order valence-electron chi connectivity index (χ0n) is 14.8. The van der Waals surface area contributed by atoms with Crippen LogP contribution in [0.4, 0.5) is 5.95 Å². The molecule has 1 aliphatic heterocycles. The second-order valence-electron chi connectivity index (χ2n) is 6.33. The quantitative estimate of drug-likeness (QED) is 0.796. The Hall–Kier alpha value is -2.19. The molecule has 8 heteroatoms. The zero-order chi connectivity index (χ0) is 17.7. The summed E-state index contributed by atoms with van der Waals surface area (Å²) in [7, 11) is 3.32. The van der Waals surface area contributed by atoms with E-state index >= 15 is 0 Å². The smallest absolute Gasteiger partial charge is 0.245 e. The van der Waals surface area contributed by atoms with E-state index in [0.717, 1.165) is 44.0 Å². The lowest BCUT2D eigenvalue weighted by atomic mass is 9.92. The van der Waals surface area contributed by atoms with Gasteiger partial charge < -0.3 is 19.5 Å².